The SMILES string of the molecule is CC=O.O=C1CCCN1. The maximum absolute atomic E-state index is 10.1. The van der Waals surface area contributed by atoms with Crippen molar-refractivity contribution in [3.63, 3.8) is 0 Å². The third kappa shape index (κ3) is 5.00. The van der Waals surface area contributed by atoms with Crippen LogP contribution in [0.5, 0.6) is 0 Å². The molecule has 1 amide bonds. The van der Waals surface area contributed by atoms with Crippen LogP contribution in [0.1, 0.15) is 19.8 Å². The van der Waals surface area contributed by atoms with Crippen LogP contribution in [-0.4, -0.2) is 18.7 Å². The number of nitrogens with one attached hydrogen (secondary N) is 1. The summed E-state index contributed by atoms with van der Waals surface area (Å²) >= 11 is 0. The molecular weight excluding hydrogens is 118 g/mol. The average Bonchev–Trinajstić information content (AvgIpc) is 2.20. The molecule has 1 N–H and O–H groups in total. The Morgan fingerprint density at radius 2 is 2.22 bits per heavy atom. The Labute approximate surface area is 54.4 Å². The van der Waals surface area contributed by atoms with E-state index in [1.54, 1.807) is 0 Å². The molecule has 0 spiro atoms. The minimum Gasteiger partial charge on any atom is -0.356 e. The van der Waals surface area contributed by atoms with Gasteiger partial charge >= 0.3 is 0 Å². The van der Waals surface area contributed by atoms with Gasteiger partial charge in [-0.15, -0.1) is 0 Å². The standard InChI is InChI=1S/C4H7NO.C2H4O/c6-4-2-1-3-5-4;1-2-3/h1-3H2,(H,5,6);2H,1H3. The van der Waals surface area contributed by atoms with Gasteiger partial charge in [-0.2, -0.15) is 0 Å². The van der Waals surface area contributed by atoms with Crippen molar-refractivity contribution in [1.29, 1.82) is 0 Å². The molecule has 0 radical (unpaired) electrons. The Hall–Kier alpha value is -0.860. The fraction of sp³-hybridized carbons (Fsp3) is 0.667. The molecule has 1 fully saturated rings. The highest BCUT2D eigenvalue weighted by atomic mass is 16.1. The van der Waals surface area contributed by atoms with Crippen molar-refractivity contribution in [3.8, 4) is 0 Å². The van der Waals surface area contributed by atoms with Crippen molar-refractivity contribution in [1.82, 2.24) is 5.32 Å². The number of hydrogen-bond acceptors (Lipinski definition) is 2. The van der Waals surface area contributed by atoms with Crippen LogP contribution in [0.3, 0.4) is 0 Å². The van der Waals surface area contributed by atoms with E-state index in [9.17, 15) is 4.79 Å². The smallest absolute Gasteiger partial charge is 0.220 e. The van der Waals surface area contributed by atoms with Gasteiger partial charge in [0, 0.05) is 13.0 Å². The lowest BCUT2D eigenvalue weighted by Gasteiger charge is -1.80. The van der Waals surface area contributed by atoms with E-state index < -0.39 is 0 Å². The van der Waals surface area contributed by atoms with Crippen LogP contribution >= 0.6 is 0 Å². The van der Waals surface area contributed by atoms with Crippen LogP contribution in [0.15, 0.2) is 0 Å². The van der Waals surface area contributed by atoms with Crippen LogP contribution in [0.25, 0.3) is 0 Å². The summed E-state index contributed by atoms with van der Waals surface area (Å²) in [7, 11) is 0. The second-order valence-corrected chi connectivity index (χ2v) is 1.69. The predicted molar refractivity (Wildman–Crippen MR) is 34.0 cm³/mol. The van der Waals surface area contributed by atoms with E-state index in [1.165, 1.54) is 6.92 Å². The van der Waals surface area contributed by atoms with E-state index in [-0.39, 0.29) is 5.91 Å². The Kier molecular flexibility index (Phi) is 4.78. The summed E-state index contributed by atoms with van der Waals surface area (Å²) in [4.78, 5) is 18.9. The number of carbonyl (C=O) groups excluding carboxylic acids is 2. The maximum atomic E-state index is 10.1. The second kappa shape index (κ2) is 5.28. The van der Waals surface area contributed by atoms with Gasteiger partial charge < -0.3 is 10.1 Å². The zero-order valence-corrected chi connectivity index (χ0v) is 5.52. The number of hydrogen-bond donors (Lipinski definition) is 1. The molecule has 1 aliphatic rings. The van der Waals surface area contributed by atoms with Gasteiger partial charge in [-0.05, 0) is 13.3 Å². The van der Waals surface area contributed by atoms with E-state index in [4.69, 9.17) is 4.79 Å². The average molecular weight is 129 g/mol. The Balaban J connectivity index is 0.000000187. The summed E-state index contributed by atoms with van der Waals surface area (Å²) in [5, 5.41) is 2.68. The molecule has 0 aromatic carbocycles. The molecule has 52 valence electrons. The first-order valence-corrected chi connectivity index (χ1v) is 2.97. The van der Waals surface area contributed by atoms with Gasteiger partial charge in [0.25, 0.3) is 0 Å². The lowest BCUT2D eigenvalue weighted by Crippen LogP contribution is -2.12. The zero-order valence-electron chi connectivity index (χ0n) is 5.52. The molecule has 1 saturated heterocycles. The summed E-state index contributed by atoms with van der Waals surface area (Å²) < 4.78 is 0. The molecular formula is C6H11NO2. The van der Waals surface area contributed by atoms with E-state index in [0.717, 1.165) is 25.7 Å². The molecule has 0 unspecified atom stereocenters. The minimum atomic E-state index is 0.204. The Bertz CT molecular complexity index is 93.2. The molecule has 0 bridgehead atoms. The van der Waals surface area contributed by atoms with Crippen molar-refractivity contribution >= 4 is 12.2 Å². The summed E-state index contributed by atoms with van der Waals surface area (Å²) in [6, 6.07) is 0. The first-order valence-electron chi connectivity index (χ1n) is 2.97. The molecule has 1 aliphatic heterocycles. The normalized spacial score (nSPS) is 15.4. The highest BCUT2D eigenvalue weighted by molar-refractivity contribution is 5.77. The van der Waals surface area contributed by atoms with Gasteiger partial charge in [0.15, 0.2) is 0 Å². The molecule has 0 aliphatic carbocycles. The van der Waals surface area contributed by atoms with Gasteiger partial charge in [0.05, 0.1) is 0 Å². The van der Waals surface area contributed by atoms with Gasteiger partial charge in [-0.3, -0.25) is 4.79 Å². The third-order valence-electron chi connectivity index (χ3n) is 0.903. The van der Waals surface area contributed by atoms with E-state index >= 15 is 0 Å². The highest BCUT2D eigenvalue weighted by Crippen LogP contribution is 1.93. The summed E-state index contributed by atoms with van der Waals surface area (Å²) in [5.74, 6) is 0.204. The van der Waals surface area contributed by atoms with E-state index in [2.05, 4.69) is 5.32 Å². The van der Waals surface area contributed by atoms with Crippen molar-refractivity contribution < 1.29 is 9.59 Å². The van der Waals surface area contributed by atoms with Crippen LogP contribution in [0, 0.1) is 0 Å². The highest BCUT2D eigenvalue weighted by Gasteiger charge is 2.05. The number of rotatable bonds is 0. The van der Waals surface area contributed by atoms with Gasteiger partial charge in [-0.1, -0.05) is 0 Å². The number of aldehydes is 1. The molecule has 0 atom stereocenters. The largest absolute Gasteiger partial charge is 0.356 e. The lowest BCUT2D eigenvalue weighted by atomic mass is 10.4. The van der Waals surface area contributed by atoms with Crippen molar-refractivity contribution in [2.75, 3.05) is 6.54 Å². The van der Waals surface area contributed by atoms with Crippen molar-refractivity contribution in [3.05, 3.63) is 0 Å². The van der Waals surface area contributed by atoms with Crippen molar-refractivity contribution in [2.24, 2.45) is 0 Å². The van der Waals surface area contributed by atoms with Gasteiger partial charge in [-0.25, -0.2) is 0 Å². The first kappa shape index (κ1) is 8.14. The van der Waals surface area contributed by atoms with Crippen molar-refractivity contribution in [2.45, 2.75) is 19.8 Å². The molecule has 3 heteroatoms. The monoisotopic (exact) mass is 129 g/mol. The fourth-order valence-corrected chi connectivity index (χ4v) is 0.565. The summed E-state index contributed by atoms with van der Waals surface area (Å²) in [6.07, 6.45) is 2.51. The third-order valence-corrected chi connectivity index (χ3v) is 0.903. The topological polar surface area (TPSA) is 46.2 Å². The van der Waals surface area contributed by atoms with E-state index in [0.29, 0.717) is 0 Å². The van der Waals surface area contributed by atoms with Crippen LogP contribution in [0.4, 0.5) is 0 Å². The predicted octanol–water partition coefficient (Wildman–Crippen LogP) is 0.102. The lowest BCUT2D eigenvalue weighted by molar-refractivity contribution is -0.119. The second-order valence-electron chi connectivity index (χ2n) is 1.69. The molecule has 1 rings (SSSR count). The fourth-order valence-electron chi connectivity index (χ4n) is 0.565. The molecule has 3 nitrogen and oxygen atoms in total. The zero-order chi connectivity index (χ0) is 7.11. The van der Waals surface area contributed by atoms with Crippen LogP contribution in [-0.2, 0) is 9.59 Å². The molecule has 1 heterocycles. The molecule has 0 aromatic rings. The maximum Gasteiger partial charge on any atom is 0.220 e. The van der Waals surface area contributed by atoms with E-state index in [1.807, 2.05) is 0 Å². The quantitative estimate of drug-likeness (QED) is 0.471. The minimum absolute atomic E-state index is 0.204. The number of carbonyl (C=O) groups is 2. The molecule has 0 saturated carbocycles. The molecule has 9 heavy (non-hydrogen) atoms. The van der Waals surface area contributed by atoms with Gasteiger partial charge in [0.1, 0.15) is 6.29 Å². The number of amides is 1. The summed E-state index contributed by atoms with van der Waals surface area (Å²) in [6.45, 7) is 2.33. The Morgan fingerprint density at radius 3 is 2.33 bits per heavy atom. The molecule has 0 aromatic heterocycles. The van der Waals surface area contributed by atoms with Crippen LogP contribution < -0.4 is 5.32 Å². The van der Waals surface area contributed by atoms with Gasteiger partial charge in [0.2, 0.25) is 5.91 Å². The Morgan fingerprint density at radius 1 is 1.67 bits per heavy atom. The first-order chi connectivity index (χ1) is 4.31. The summed E-state index contributed by atoms with van der Waals surface area (Å²) in [5.41, 5.74) is 0. The van der Waals surface area contributed by atoms with Crippen LogP contribution in [0.2, 0.25) is 0 Å².